The molecule has 20 heavy (non-hydrogen) atoms. The Morgan fingerprint density at radius 1 is 0.950 bits per heavy atom. The Labute approximate surface area is 127 Å². The molecule has 2 aromatic rings. The molecule has 1 aliphatic rings. The van der Waals surface area contributed by atoms with Gasteiger partial charge in [0.2, 0.25) is 0 Å². The summed E-state index contributed by atoms with van der Waals surface area (Å²) in [5.41, 5.74) is 7.94. The van der Waals surface area contributed by atoms with E-state index < -0.39 is 6.04 Å². The summed E-state index contributed by atoms with van der Waals surface area (Å²) in [5.74, 6) is 1.39. The van der Waals surface area contributed by atoms with Crippen molar-refractivity contribution >= 4 is 23.2 Å². The van der Waals surface area contributed by atoms with Crippen LogP contribution in [0.2, 0.25) is 10.0 Å². The maximum atomic E-state index is 6.33. The number of fused-ring (bicyclic) bond motifs is 1. The van der Waals surface area contributed by atoms with Crippen LogP contribution in [0.3, 0.4) is 0 Å². The zero-order chi connectivity index (χ0) is 14.1. The number of para-hydroxylation sites is 1. The predicted octanol–water partition coefficient (Wildman–Crippen LogP) is 3.81. The molecule has 2 aromatic carbocycles. The van der Waals surface area contributed by atoms with Crippen molar-refractivity contribution < 1.29 is 9.47 Å². The number of nitrogens with two attached hydrogens (primary N) is 1. The lowest BCUT2D eigenvalue weighted by atomic mass is 9.98. The van der Waals surface area contributed by atoms with Crippen LogP contribution in [0.5, 0.6) is 11.5 Å². The van der Waals surface area contributed by atoms with Crippen LogP contribution in [-0.4, -0.2) is 13.2 Å². The van der Waals surface area contributed by atoms with E-state index in [4.69, 9.17) is 38.4 Å². The average Bonchev–Trinajstić information content (AvgIpc) is 2.49. The van der Waals surface area contributed by atoms with Gasteiger partial charge in [-0.05, 0) is 17.7 Å². The molecule has 104 valence electrons. The van der Waals surface area contributed by atoms with Gasteiger partial charge in [-0.15, -0.1) is 0 Å². The van der Waals surface area contributed by atoms with Gasteiger partial charge < -0.3 is 15.2 Å². The molecule has 0 spiro atoms. The van der Waals surface area contributed by atoms with E-state index >= 15 is 0 Å². The molecular weight excluding hydrogens is 297 g/mol. The van der Waals surface area contributed by atoms with E-state index in [1.54, 1.807) is 6.07 Å². The molecule has 1 aliphatic heterocycles. The smallest absolute Gasteiger partial charge is 0.166 e. The summed E-state index contributed by atoms with van der Waals surface area (Å²) in [4.78, 5) is 0. The van der Waals surface area contributed by atoms with Gasteiger partial charge in [-0.1, -0.05) is 47.5 Å². The summed E-state index contributed by atoms with van der Waals surface area (Å²) < 4.78 is 11.3. The minimum atomic E-state index is -0.419. The minimum Gasteiger partial charge on any atom is -0.486 e. The molecule has 0 aliphatic carbocycles. The van der Waals surface area contributed by atoms with Crippen LogP contribution < -0.4 is 15.2 Å². The van der Waals surface area contributed by atoms with Gasteiger partial charge in [0.05, 0.1) is 16.1 Å². The largest absolute Gasteiger partial charge is 0.486 e. The highest BCUT2D eigenvalue weighted by Crippen LogP contribution is 2.40. The molecule has 3 nitrogen and oxygen atoms in total. The van der Waals surface area contributed by atoms with Gasteiger partial charge in [0.15, 0.2) is 11.5 Å². The van der Waals surface area contributed by atoms with Gasteiger partial charge in [-0.25, -0.2) is 0 Å². The molecule has 0 aromatic heterocycles. The fourth-order valence-electron chi connectivity index (χ4n) is 2.27. The molecule has 1 unspecified atom stereocenters. The van der Waals surface area contributed by atoms with Gasteiger partial charge >= 0.3 is 0 Å². The Balaban J connectivity index is 2.07. The zero-order valence-corrected chi connectivity index (χ0v) is 12.1. The normalized spacial score (nSPS) is 14.9. The highest BCUT2D eigenvalue weighted by Gasteiger charge is 2.22. The topological polar surface area (TPSA) is 44.5 Å². The van der Waals surface area contributed by atoms with Crippen molar-refractivity contribution in [1.29, 1.82) is 0 Å². The molecule has 0 fully saturated rings. The lowest BCUT2D eigenvalue weighted by molar-refractivity contribution is 0.169. The van der Waals surface area contributed by atoms with E-state index in [9.17, 15) is 0 Å². The number of halogens is 2. The van der Waals surface area contributed by atoms with Crippen LogP contribution in [0.4, 0.5) is 0 Å². The highest BCUT2D eigenvalue weighted by atomic mass is 35.5. The first-order valence-electron chi connectivity index (χ1n) is 6.26. The molecular formula is C15H13Cl2NO2. The molecule has 3 rings (SSSR count). The molecule has 2 N–H and O–H groups in total. The number of rotatable bonds is 2. The summed E-state index contributed by atoms with van der Waals surface area (Å²) >= 11 is 12.3. The van der Waals surface area contributed by atoms with Crippen LogP contribution in [0, 0.1) is 0 Å². The molecule has 0 bridgehead atoms. The maximum absolute atomic E-state index is 6.33. The van der Waals surface area contributed by atoms with E-state index in [-0.39, 0.29) is 0 Å². The molecule has 1 atom stereocenters. The monoisotopic (exact) mass is 309 g/mol. The summed E-state index contributed by atoms with van der Waals surface area (Å²) in [6.45, 7) is 1.06. The predicted molar refractivity (Wildman–Crippen MR) is 79.9 cm³/mol. The van der Waals surface area contributed by atoms with E-state index in [0.717, 1.165) is 11.1 Å². The Kier molecular flexibility index (Phi) is 3.74. The Morgan fingerprint density at radius 3 is 2.50 bits per heavy atom. The zero-order valence-electron chi connectivity index (χ0n) is 10.6. The van der Waals surface area contributed by atoms with Crippen molar-refractivity contribution in [1.82, 2.24) is 0 Å². The third-order valence-electron chi connectivity index (χ3n) is 3.25. The highest BCUT2D eigenvalue weighted by molar-refractivity contribution is 6.42. The third-order valence-corrected chi connectivity index (χ3v) is 4.08. The van der Waals surface area contributed by atoms with Crippen molar-refractivity contribution in [3.8, 4) is 11.5 Å². The summed E-state index contributed by atoms with van der Waals surface area (Å²) in [6.07, 6.45) is 0. The van der Waals surface area contributed by atoms with Crippen LogP contribution in [0.1, 0.15) is 17.2 Å². The van der Waals surface area contributed by atoms with E-state index in [0.29, 0.717) is 34.8 Å². The second-order valence-electron chi connectivity index (χ2n) is 4.49. The molecule has 0 radical (unpaired) electrons. The second-order valence-corrected chi connectivity index (χ2v) is 5.28. The summed E-state index contributed by atoms with van der Waals surface area (Å²) in [5, 5.41) is 0.956. The quantitative estimate of drug-likeness (QED) is 0.917. The maximum Gasteiger partial charge on any atom is 0.166 e. The molecule has 5 heteroatoms. The number of ether oxygens (including phenoxy) is 2. The Morgan fingerprint density at radius 2 is 1.65 bits per heavy atom. The lowest BCUT2D eigenvalue weighted by Crippen LogP contribution is -2.20. The van der Waals surface area contributed by atoms with Gasteiger partial charge in [0, 0.05) is 5.56 Å². The van der Waals surface area contributed by atoms with Gasteiger partial charge in [0.1, 0.15) is 13.2 Å². The summed E-state index contributed by atoms with van der Waals surface area (Å²) in [7, 11) is 0. The van der Waals surface area contributed by atoms with Crippen molar-refractivity contribution in [2.24, 2.45) is 5.73 Å². The standard InChI is InChI=1S/C15H13Cl2NO2/c16-11-5-1-3-9(13(11)17)14(18)10-4-2-6-12-15(10)20-8-7-19-12/h1-6,14H,7-8,18H2. The van der Waals surface area contributed by atoms with Crippen LogP contribution in [-0.2, 0) is 0 Å². The molecule has 0 saturated heterocycles. The van der Waals surface area contributed by atoms with Crippen LogP contribution in [0.25, 0.3) is 0 Å². The van der Waals surface area contributed by atoms with E-state index in [1.165, 1.54) is 0 Å². The molecule has 1 heterocycles. The fraction of sp³-hybridized carbons (Fsp3) is 0.200. The van der Waals surface area contributed by atoms with Crippen LogP contribution >= 0.6 is 23.2 Å². The van der Waals surface area contributed by atoms with Gasteiger partial charge in [0.25, 0.3) is 0 Å². The Bertz CT molecular complexity index is 646. The number of hydrogen-bond donors (Lipinski definition) is 1. The van der Waals surface area contributed by atoms with Gasteiger partial charge in [-0.2, -0.15) is 0 Å². The first-order chi connectivity index (χ1) is 9.68. The molecule has 0 saturated carbocycles. The van der Waals surface area contributed by atoms with Crippen LogP contribution in [0.15, 0.2) is 36.4 Å². The first-order valence-corrected chi connectivity index (χ1v) is 7.02. The SMILES string of the molecule is NC(c1cccc(Cl)c1Cl)c1cccc2c1OCCO2. The number of hydrogen-bond acceptors (Lipinski definition) is 3. The number of benzene rings is 2. The lowest BCUT2D eigenvalue weighted by Gasteiger charge is -2.24. The van der Waals surface area contributed by atoms with Crippen molar-refractivity contribution in [3.63, 3.8) is 0 Å². The average molecular weight is 310 g/mol. The minimum absolute atomic E-state index is 0.419. The molecule has 0 amide bonds. The van der Waals surface area contributed by atoms with Crippen molar-refractivity contribution in [2.75, 3.05) is 13.2 Å². The first kappa shape index (κ1) is 13.6. The summed E-state index contributed by atoms with van der Waals surface area (Å²) in [6, 6.07) is 10.7. The Hall–Kier alpha value is -1.42. The van der Waals surface area contributed by atoms with Crippen molar-refractivity contribution in [3.05, 3.63) is 57.6 Å². The van der Waals surface area contributed by atoms with Crippen molar-refractivity contribution in [2.45, 2.75) is 6.04 Å². The fourth-order valence-corrected chi connectivity index (χ4v) is 2.69. The third kappa shape index (κ3) is 2.33. The second kappa shape index (κ2) is 5.52. The van der Waals surface area contributed by atoms with E-state index in [1.807, 2.05) is 30.3 Å². The van der Waals surface area contributed by atoms with E-state index in [2.05, 4.69) is 0 Å². The van der Waals surface area contributed by atoms with Gasteiger partial charge in [-0.3, -0.25) is 0 Å².